The molecule has 2 aromatic rings. The van der Waals surface area contributed by atoms with Crippen molar-refractivity contribution in [3.63, 3.8) is 0 Å². The number of non-ortho nitro benzene ring substituents is 1. The minimum atomic E-state index is -3.61. The molecule has 0 unspecified atom stereocenters. The highest BCUT2D eigenvalue weighted by Gasteiger charge is 2.29. The third-order valence-corrected chi connectivity index (χ3v) is 7.52. The van der Waals surface area contributed by atoms with Crippen LogP contribution in [-0.4, -0.2) is 43.2 Å². The highest BCUT2D eigenvalue weighted by molar-refractivity contribution is 7.89. The van der Waals surface area contributed by atoms with Crippen LogP contribution in [0.3, 0.4) is 0 Å². The Bertz CT molecular complexity index is 1100. The average molecular weight is 452 g/mol. The Morgan fingerprint density at radius 2 is 1.90 bits per heavy atom. The maximum absolute atomic E-state index is 13.1. The Balaban J connectivity index is 2.00. The van der Waals surface area contributed by atoms with Gasteiger partial charge in [0.25, 0.3) is 11.6 Å². The van der Waals surface area contributed by atoms with Gasteiger partial charge in [-0.15, -0.1) is 0 Å². The molecule has 10 heteroatoms. The zero-order valence-electron chi connectivity index (χ0n) is 16.7. The van der Waals surface area contributed by atoms with Crippen LogP contribution in [0, 0.1) is 10.1 Å². The van der Waals surface area contributed by atoms with Crippen LogP contribution < -0.4 is 4.90 Å². The molecule has 0 saturated carbocycles. The van der Waals surface area contributed by atoms with Crippen LogP contribution >= 0.6 is 11.6 Å². The van der Waals surface area contributed by atoms with Gasteiger partial charge < -0.3 is 4.90 Å². The molecule has 30 heavy (non-hydrogen) atoms. The summed E-state index contributed by atoms with van der Waals surface area (Å²) in [5.74, 6) is -0.455. The molecule has 0 aliphatic carbocycles. The summed E-state index contributed by atoms with van der Waals surface area (Å²) in [5.41, 5.74) is 1.15. The lowest BCUT2D eigenvalue weighted by molar-refractivity contribution is -0.384. The topological polar surface area (TPSA) is 101 Å². The SMILES string of the molecule is CCN(CC)S(=O)(=O)c1ccc2c(c1)CCCN2C(=O)c1cc([N+](=O)[O-])ccc1Cl. The van der Waals surface area contributed by atoms with Gasteiger partial charge in [-0.05, 0) is 42.7 Å². The lowest BCUT2D eigenvalue weighted by Gasteiger charge is -2.30. The van der Waals surface area contributed by atoms with E-state index in [2.05, 4.69) is 0 Å². The third kappa shape index (κ3) is 4.05. The first kappa shape index (κ1) is 22.2. The van der Waals surface area contributed by atoms with E-state index in [1.165, 1.54) is 27.4 Å². The van der Waals surface area contributed by atoms with E-state index >= 15 is 0 Å². The van der Waals surface area contributed by atoms with Crippen LogP contribution in [0.5, 0.6) is 0 Å². The van der Waals surface area contributed by atoms with Crippen LogP contribution in [0.25, 0.3) is 0 Å². The first-order chi connectivity index (χ1) is 14.2. The number of amides is 1. The molecule has 160 valence electrons. The minimum absolute atomic E-state index is 0.0403. The molecular formula is C20H22ClN3O5S. The fourth-order valence-corrected chi connectivity index (χ4v) is 5.30. The first-order valence-corrected chi connectivity index (χ1v) is 11.4. The molecule has 8 nitrogen and oxygen atoms in total. The van der Waals surface area contributed by atoms with E-state index in [-0.39, 0.29) is 21.2 Å². The molecule has 2 aromatic carbocycles. The molecule has 0 spiro atoms. The molecule has 1 aliphatic heterocycles. The smallest absolute Gasteiger partial charge is 0.270 e. The van der Waals surface area contributed by atoms with Gasteiger partial charge in [-0.3, -0.25) is 14.9 Å². The average Bonchev–Trinajstić information content (AvgIpc) is 2.73. The highest BCUT2D eigenvalue weighted by Crippen LogP contribution is 2.33. The van der Waals surface area contributed by atoms with Gasteiger partial charge in [-0.1, -0.05) is 25.4 Å². The van der Waals surface area contributed by atoms with Crippen molar-refractivity contribution in [1.82, 2.24) is 4.31 Å². The number of anilines is 1. The van der Waals surface area contributed by atoms with Crippen molar-refractivity contribution < 1.29 is 18.1 Å². The van der Waals surface area contributed by atoms with Crippen LogP contribution in [0.1, 0.15) is 36.2 Å². The number of benzene rings is 2. The summed E-state index contributed by atoms with van der Waals surface area (Å²) in [4.78, 5) is 25.3. The van der Waals surface area contributed by atoms with Gasteiger partial charge in [0, 0.05) is 37.5 Å². The summed E-state index contributed by atoms with van der Waals surface area (Å²) >= 11 is 6.14. The molecule has 0 atom stereocenters. The molecule has 1 aliphatic rings. The highest BCUT2D eigenvalue weighted by atomic mass is 35.5. The van der Waals surface area contributed by atoms with Crippen LogP contribution in [0.2, 0.25) is 5.02 Å². The Morgan fingerprint density at radius 3 is 2.53 bits per heavy atom. The van der Waals surface area contributed by atoms with Gasteiger partial charge in [-0.2, -0.15) is 4.31 Å². The van der Waals surface area contributed by atoms with Crippen molar-refractivity contribution in [2.75, 3.05) is 24.5 Å². The second-order valence-corrected chi connectivity index (χ2v) is 9.21. The molecule has 0 radical (unpaired) electrons. The van der Waals surface area contributed by atoms with Crippen molar-refractivity contribution >= 4 is 38.9 Å². The summed E-state index contributed by atoms with van der Waals surface area (Å²) in [6.45, 7) is 4.70. The zero-order chi connectivity index (χ0) is 22.1. The van der Waals surface area contributed by atoms with Gasteiger partial charge >= 0.3 is 0 Å². The second kappa shape index (κ2) is 8.71. The Kier molecular flexibility index (Phi) is 6.44. The number of aryl methyl sites for hydroxylation is 1. The number of hydrogen-bond acceptors (Lipinski definition) is 5. The number of fused-ring (bicyclic) bond motifs is 1. The lowest BCUT2D eigenvalue weighted by atomic mass is 10.0. The van der Waals surface area contributed by atoms with Gasteiger partial charge in [0.15, 0.2) is 0 Å². The summed E-state index contributed by atoms with van der Waals surface area (Å²) in [7, 11) is -3.61. The molecule has 0 bridgehead atoms. The summed E-state index contributed by atoms with van der Waals surface area (Å²) in [6, 6.07) is 8.46. The predicted octanol–water partition coefficient (Wildman–Crippen LogP) is 3.87. The monoisotopic (exact) mass is 451 g/mol. The number of sulfonamides is 1. The molecule has 0 fully saturated rings. The number of nitro groups is 1. The standard InChI is InChI=1S/C20H22ClN3O5S/c1-3-22(4-2)30(28,29)16-8-10-19-14(12-16)6-5-11-23(19)20(25)17-13-15(24(26)27)7-9-18(17)21/h7-10,12-13H,3-6,11H2,1-2H3. The van der Waals surface area contributed by atoms with Crippen LogP contribution in [0.15, 0.2) is 41.3 Å². The maximum Gasteiger partial charge on any atom is 0.270 e. The van der Waals surface area contributed by atoms with E-state index in [4.69, 9.17) is 11.6 Å². The van der Waals surface area contributed by atoms with Crippen molar-refractivity contribution in [3.05, 3.63) is 62.7 Å². The molecule has 0 saturated heterocycles. The number of nitro benzene ring substituents is 1. The van der Waals surface area contributed by atoms with E-state index in [0.717, 1.165) is 11.6 Å². The van der Waals surface area contributed by atoms with Crippen molar-refractivity contribution in [2.45, 2.75) is 31.6 Å². The number of nitrogens with zero attached hydrogens (tertiary/aromatic N) is 3. The summed E-state index contributed by atoms with van der Waals surface area (Å²) < 4.78 is 27.0. The normalized spacial score (nSPS) is 13.9. The number of carbonyl (C=O) groups excluding carboxylic acids is 1. The Hall–Kier alpha value is -2.49. The van der Waals surface area contributed by atoms with E-state index in [1.807, 2.05) is 0 Å². The maximum atomic E-state index is 13.1. The number of rotatable bonds is 6. The second-order valence-electron chi connectivity index (χ2n) is 6.86. The van der Waals surface area contributed by atoms with E-state index in [1.54, 1.807) is 26.0 Å². The summed E-state index contributed by atoms with van der Waals surface area (Å²) in [6.07, 6.45) is 1.27. The van der Waals surface area contributed by atoms with Crippen LogP contribution in [-0.2, 0) is 16.4 Å². The third-order valence-electron chi connectivity index (χ3n) is 5.15. The lowest BCUT2D eigenvalue weighted by Crippen LogP contribution is -2.36. The Morgan fingerprint density at radius 1 is 1.20 bits per heavy atom. The Labute approximate surface area is 180 Å². The molecule has 3 rings (SSSR count). The number of carbonyl (C=O) groups is 1. The molecular weight excluding hydrogens is 430 g/mol. The van der Waals surface area contributed by atoms with Crippen molar-refractivity contribution in [3.8, 4) is 0 Å². The van der Waals surface area contributed by atoms with Crippen molar-refractivity contribution in [2.24, 2.45) is 0 Å². The predicted molar refractivity (Wildman–Crippen MR) is 115 cm³/mol. The zero-order valence-corrected chi connectivity index (χ0v) is 18.2. The van der Waals surface area contributed by atoms with E-state index in [9.17, 15) is 23.3 Å². The summed E-state index contributed by atoms with van der Waals surface area (Å²) in [5, 5.41) is 11.2. The van der Waals surface area contributed by atoms with Crippen LogP contribution in [0.4, 0.5) is 11.4 Å². The molecule has 1 amide bonds. The van der Waals surface area contributed by atoms with Gasteiger partial charge in [-0.25, -0.2) is 8.42 Å². The molecule has 0 N–H and O–H groups in total. The van der Waals surface area contributed by atoms with Gasteiger partial charge in [0.05, 0.1) is 20.4 Å². The fraction of sp³-hybridized carbons (Fsp3) is 0.350. The number of hydrogen-bond donors (Lipinski definition) is 0. The van der Waals surface area contributed by atoms with Crippen molar-refractivity contribution in [1.29, 1.82) is 0 Å². The largest absolute Gasteiger partial charge is 0.308 e. The van der Waals surface area contributed by atoms with E-state index < -0.39 is 20.9 Å². The molecule has 0 aromatic heterocycles. The van der Waals surface area contributed by atoms with Gasteiger partial charge in [0.2, 0.25) is 10.0 Å². The minimum Gasteiger partial charge on any atom is -0.308 e. The van der Waals surface area contributed by atoms with Gasteiger partial charge in [0.1, 0.15) is 0 Å². The number of halogens is 1. The molecule has 1 heterocycles. The fourth-order valence-electron chi connectivity index (χ4n) is 3.59. The first-order valence-electron chi connectivity index (χ1n) is 9.59. The van der Waals surface area contributed by atoms with E-state index in [0.29, 0.717) is 38.2 Å². The quantitative estimate of drug-likeness (QED) is 0.490.